The molecule has 5 nitrogen and oxygen atoms in total. The third-order valence-corrected chi connectivity index (χ3v) is 4.34. The van der Waals surface area contributed by atoms with E-state index in [9.17, 15) is 4.79 Å². The predicted molar refractivity (Wildman–Crippen MR) is 85.2 cm³/mol. The highest BCUT2D eigenvalue weighted by atomic mass is 79.9. The number of aromatic nitrogens is 2. The van der Waals surface area contributed by atoms with Gasteiger partial charge in [-0.2, -0.15) is 5.10 Å². The van der Waals surface area contributed by atoms with Crippen LogP contribution in [0.2, 0.25) is 0 Å². The number of rotatable bonds is 7. The van der Waals surface area contributed by atoms with Crippen LogP contribution >= 0.6 is 15.9 Å². The summed E-state index contributed by atoms with van der Waals surface area (Å²) in [4.78, 5) is 14.5. The van der Waals surface area contributed by atoms with Crippen LogP contribution in [-0.2, 0) is 6.54 Å². The molecule has 0 amide bonds. The Balaban J connectivity index is 1.99. The maximum Gasteiger partial charge on any atom is 0.291 e. The van der Waals surface area contributed by atoms with Crippen molar-refractivity contribution >= 4 is 21.6 Å². The number of hydrogen-bond donors (Lipinski definition) is 1. The summed E-state index contributed by atoms with van der Waals surface area (Å²) in [7, 11) is 4.10. The maximum atomic E-state index is 12.4. The van der Waals surface area contributed by atoms with Crippen LogP contribution in [0, 0.1) is 5.92 Å². The maximum absolute atomic E-state index is 12.4. The number of nitrogens with one attached hydrogen (secondary N) is 1. The van der Waals surface area contributed by atoms with E-state index in [-0.39, 0.29) is 5.56 Å². The van der Waals surface area contributed by atoms with Gasteiger partial charge in [0.1, 0.15) is 5.69 Å². The van der Waals surface area contributed by atoms with E-state index < -0.39 is 0 Å². The molecular formula is C14H23BrN4O. The first kappa shape index (κ1) is 15.5. The van der Waals surface area contributed by atoms with Gasteiger partial charge in [0.15, 0.2) is 0 Å². The molecule has 0 bridgehead atoms. The van der Waals surface area contributed by atoms with Gasteiger partial charge in [0.2, 0.25) is 0 Å². The Morgan fingerprint density at radius 3 is 2.85 bits per heavy atom. The fraction of sp³-hybridized carbons (Fsp3) is 0.714. The van der Waals surface area contributed by atoms with Gasteiger partial charge in [-0.15, -0.1) is 0 Å². The fourth-order valence-electron chi connectivity index (χ4n) is 2.29. The lowest BCUT2D eigenvalue weighted by Gasteiger charge is -2.25. The van der Waals surface area contributed by atoms with E-state index in [0.29, 0.717) is 11.6 Å². The van der Waals surface area contributed by atoms with Crippen molar-refractivity contribution in [3.63, 3.8) is 0 Å². The van der Waals surface area contributed by atoms with E-state index in [1.807, 2.05) is 14.1 Å². The second kappa shape index (κ2) is 7.22. The number of hydrogen-bond acceptors (Lipinski definition) is 4. The lowest BCUT2D eigenvalue weighted by atomic mass is 9.85. The van der Waals surface area contributed by atoms with Crippen molar-refractivity contribution in [1.82, 2.24) is 14.7 Å². The largest absolute Gasteiger partial charge is 0.380 e. The van der Waals surface area contributed by atoms with Gasteiger partial charge in [-0.25, -0.2) is 4.68 Å². The van der Waals surface area contributed by atoms with Crippen molar-refractivity contribution in [2.45, 2.75) is 32.2 Å². The van der Waals surface area contributed by atoms with Crippen LogP contribution in [0.25, 0.3) is 0 Å². The van der Waals surface area contributed by atoms with Crippen molar-refractivity contribution in [3.05, 3.63) is 21.0 Å². The van der Waals surface area contributed by atoms with Crippen LogP contribution in [0.1, 0.15) is 25.7 Å². The molecule has 1 aliphatic rings. The van der Waals surface area contributed by atoms with E-state index in [1.165, 1.54) is 19.3 Å². The molecule has 0 spiro atoms. The van der Waals surface area contributed by atoms with Gasteiger partial charge in [-0.05, 0) is 61.8 Å². The molecule has 1 fully saturated rings. The Labute approximate surface area is 128 Å². The quantitative estimate of drug-likeness (QED) is 0.771. The molecule has 20 heavy (non-hydrogen) atoms. The minimum absolute atomic E-state index is 0.0175. The van der Waals surface area contributed by atoms with Crippen LogP contribution < -0.4 is 10.9 Å². The first-order chi connectivity index (χ1) is 9.58. The molecule has 6 heteroatoms. The molecular weight excluding hydrogens is 320 g/mol. The number of anilines is 1. The summed E-state index contributed by atoms with van der Waals surface area (Å²) in [5, 5.41) is 7.47. The van der Waals surface area contributed by atoms with E-state index >= 15 is 0 Å². The van der Waals surface area contributed by atoms with Crippen molar-refractivity contribution in [2.75, 3.05) is 32.5 Å². The summed E-state index contributed by atoms with van der Waals surface area (Å²) in [5.41, 5.74) is 0.620. The van der Waals surface area contributed by atoms with E-state index in [2.05, 4.69) is 31.2 Å². The molecule has 2 rings (SSSR count). The average molecular weight is 343 g/mol. The van der Waals surface area contributed by atoms with Gasteiger partial charge in [0, 0.05) is 13.1 Å². The van der Waals surface area contributed by atoms with Gasteiger partial charge in [-0.1, -0.05) is 6.42 Å². The molecule has 0 saturated heterocycles. The SMILES string of the molecule is CN(C)CCCNc1c(Br)cnn(CC2CCC2)c1=O. The van der Waals surface area contributed by atoms with E-state index in [4.69, 9.17) is 0 Å². The first-order valence-corrected chi connectivity index (χ1v) is 8.01. The van der Waals surface area contributed by atoms with Crippen LogP contribution in [-0.4, -0.2) is 41.9 Å². The molecule has 0 aliphatic heterocycles. The Hall–Kier alpha value is -0.880. The molecule has 1 N–H and O–H groups in total. The molecule has 1 saturated carbocycles. The minimum atomic E-state index is -0.0175. The summed E-state index contributed by atoms with van der Waals surface area (Å²) < 4.78 is 2.35. The molecule has 1 aromatic rings. The standard InChI is InChI=1S/C14H23BrN4O/c1-18(2)8-4-7-16-13-12(15)9-17-19(14(13)20)10-11-5-3-6-11/h9,11,16H,3-8,10H2,1-2H3. The summed E-state index contributed by atoms with van der Waals surface area (Å²) in [6.45, 7) is 2.55. The Kier molecular flexibility index (Phi) is 5.60. The first-order valence-electron chi connectivity index (χ1n) is 7.22. The number of halogens is 1. The predicted octanol–water partition coefficient (Wildman–Crippen LogP) is 2.17. The Bertz CT molecular complexity index is 496. The molecule has 0 radical (unpaired) electrons. The van der Waals surface area contributed by atoms with Crippen LogP contribution in [0.15, 0.2) is 15.5 Å². The zero-order chi connectivity index (χ0) is 14.5. The average Bonchev–Trinajstić information content (AvgIpc) is 2.34. The van der Waals surface area contributed by atoms with Gasteiger partial charge in [-0.3, -0.25) is 4.79 Å². The molecule has 1 aliphatic carbocycles. The van der Waals surface area contributed by atoms with E-state index in [0.717, 1.165) is 30.5 Å². The fourth-order valence-corrected chi connectivity index (χ4v) is 2.69. The summed E-state index contributed by atoms with van der Waals surface area (Å²) >= 11 is 3.41. The third kappa shape index (κ3) is 4.06. The third-order valence-electron chi connectivity index (χ3n) is 3.74. The van der Waals surface area contributed by atoms with Crippen molar-refractivity contribution < 1.29 is 0 Å². The molecule has 0 aromatic carbocycles. The number of nitrogens with zero attached hydrogens (tertiary/aromatic N) is 3. The van der Waals surface area contributed by atoms with Gasteiger partial charge in [0.05, 0.1) is 10.7 Å². The highest BCUT2D eigenvalue weighted by Crippen LogP contribution is 2.27. The molecule has 1 heterocycles. The van der Waals surface area contributed by atoms with Crippen LogP contribution in [0.5, 0.6) is 0 Å². The van der Waals surface area contributed by atoms with Crippen LogP contribution in [0.4, 0.5) is 5.69 Å². The minimum Gasteiger partial charge on any atom is -0.380 e. The molecule has 0 atom stereocenters. The summed E-state index contributed by atoms with van der Waals surface area (Å²) in [6.07, 6.45) is 6.44. The van der Waals surface area contributed by atoms with Crippen molar-refractivity contribution in [2.24, 2.45) is 5.92 Å². The van der Waals surface area contributed by atoms with Crippen molar-refractivity contribution in [3.8, 4) is 0 Å². The van der Waals surface area contributed by atoms with Gasteiger partial charge < -0.3 is 10.2 Å². The Morgan fingerprint density at radius 2 is 2.25 bits per heavy atom. The molecule has 0 unspecified atom stereocenters. The van der Waals surface area contributed by atoms with E-state index in [1.54, 1.807) is 10.9 Å². The lowest BCUT2D eigenvalue weighted by Crippen LogP contribution is -2.31. The lowest BCUT2D eigenvalue weighted by molar-refractivity contribution is 0.262. The molecule has 1 aromatic heterocycles. The zero-order valence-corrected chi connectivity index (χ0v) is 13.8. The second-order valence-electron chi connectivity index (χ2n) is 5.74. The smallest absolute Gasteiger partial charge is 0.291 e. The Morgan fingerprint density at radius 1 is 1.50 bits per heavy atom. The molecule has 112 valence electrons. The highest BCUT2D eigenvalue weighted by Gasteiger charge is 2.20. The second-order valence-corrected chi connectivity index (χ2v) is 6.59. The van der Waals surface area contributed by atoms with Crippen molar-refractivity contribution in [1.29, 1.82) is 0 Å². The normalized spacial score (nSPS) is 15.4. The van der Waals surface area contributed by atoms with Crippen LogP contribution in [0.3, 0.4) is 0 Å². The summed E-state index contributed by atoms with van der Waals surface area (Å²) in [6, 6.07) is 0. The van der Waals surface area contributed by atoms with Gasteiger partial charge in [0.25, 0.3) is 5.56 Å². The zero-order valence-electron chi connectivity index (χ0n) is 12.2. The monoisotopic (exact) mass is 342 g/mol. The summed E-state index contributed by atoms with van der Waals surface area (Å²) in [5.74, 6) is 0.628. The topological polar surface area (TPSA) is 50.2 Å². The van der Waals surface area contributed by atoms with Gasteiger partial charge >= 0.3 is 0 Å². The highest BCUT2D eigenvalue weighted by molar-refractivity contribution is 9.10.